The first kappa shape index (κ1) is 26.9. The van der Waals surface area contributed by atoms with Gasteiger partial charge in [0.1, 0.15) is 5.82 Å². The van der Waals surface area contributed by atoms with E-state index in [9.17, 15) is 26.0 Å². The predicted octanol–water partition coefficient (Wildman–Crippen LogP) is 3.18. The number of carbonyl (C=O) groups is 1. The van der Waals surface area contributed by atoms with Crippen LogP contribution in [-0.2, 0) is 26.6 Å². The summed E-state index contributed by atoms with van der Waals surface area (Å²) in [5, 5.41) is 0. The first-order valence-electron chi connectivity index (χ1n) is 11.8. The molecule has 11 heteroatoms. The molecule has 1 amide bonds. The van der Waals surface area contributed by atoms with E-state index in [4.69, 9.17) is 0 Å². The number of piperazine rings is 1. The minimum atomic E-state index is -3.91. The van der Waals surface area contributed by atoms with Crippen LogP contribution < -0.4 is 0 Å². The number of nitrogens with zero attached hydrogens (tertiary/aromatic N) is 3. The predicted molar refractivity (Wildman–Crippen MR) is 137 cm³/mol. The third-order valence-corrected chi connectivity index (χ3v) is 10.1. The van der Waals surface area contributed by atoms with Crippen LogP contribution in [0.3, 0.4) is 0 Å². The smallest absolute Gasteiger partial charge is 0.256 e. The number of benzene rings is 3. The Labute approximate surface area is 217 Å². The van der Waals surface area contributed by atoms with Crippen molar-refractivity contribution in [2.24, 2.45) is 0 Å². The Hall–Kier alpha value is -3.12. The maximum atomic E-state index is 14.0. The number of sulfonamides is 2. The number of amides is 1. The molecular formula is C26H28FN3O5S2. The fourth-order valence-electron chi connectivity index (χ4n) is 4.17. The van der Waals surface area contributed by atoms with Crippen LogP contribution in [0.25, 0.3) is 0 Å². The van der Waals surface area contributed by atoms with Gasteiger partial charge in [0.2, 0.25) is 20.0 Å². The minimum Gasteiger partial charge on any atom is -0.336 e. The molecule has 196 valence electrons. The summed E-state index contributed by atoms with van der Waals surface area (Å²) in [5.41, 5.74) is 0.795. The third-order valence-electron chi connectivity index (χ3n) is 6.28. The number of carbonyl (C=O) groups excluding carboxylic acids is 1. The number of halogens is 1. The molecule has 1 fully saturated rings. The molecule has 0 spiro atoms. The van der Waals surface area contributed by atoms with Crippen molar-refractivity contribution in [1.82, 2.24) is 13.5 Å². The van der Waals surface area contributed by atoms with E-state index in [1.807, 2.05) is 30.3 Å². The molecule has 3 aromatic carbocycles. The van der Waals surface area contributed by atoms with Crippen LogP contribution in [0.4, 0.5) is 4.39 Å². The number of rotatable bonds is 8. The molecular weight excluding hydrogens is 517 g/mol. The van der Waals surface area contributed by atoms with Gasteiger partial charge in [-0.05, 0) is 42.0 Å². The zero-order valence-electron chi connectivity index (χ0n) is 20.3. The Bertz CT molecular complexity index is 1460. The van der Waals surface area contributed by atoms with Gasteiger partial charge in [0, 0.05) is 39.3 Å². The van der Waals surface area contributed by atoms with E-state index >= 15 is 0 Å². The quantitative estimate of drug-likeness (QED) is 0.433. The van der Waals surface area contributed by atoms with Crippen molar-refractivity contribution in [3.05, 3.63) is 95.8 Å². The molecule has 0 N–H and O–H groups in total. The summed E-state index contributed by atoms with van der Waals surface area (Å²) in [6.45, 7) is 2.53. The van der Waals surface area contributed by atoms with Crippen LogP contribution in [0.5, 0.6) is 0 Å². The van der Waals surface area contributed by atoms with Gasteiger partial charge in [-0.15, -0.1) is 0 Å². The molecule has 0 aromatic heterocycles. The van der Waals surface area contributed by atoms with Gasteiger partial charge >= 0.3 is 0 Å². The second-order valence-electron chi connectivity index (χ2n) is 8.56. The molecule has 0 bridgehead atoms. The summed E-state index contributed by atoms with van der Waals surface area (Å²) in [7, 11) is -7.74. The second kappa shape index (κ2) is 11.1. The highest BCUT2D eigenvalue weighted by molar-refractivity contribution is 7.89. The SMILES string of the molecule is CCN(Cc1ccccc1)S(=O)(=O)c1ccc(S(=O)(=O)N2CCN(C(=O)c3ccccc3F)CC2)cc1. The van der Waals surface area contributed by atoms with Crippen molar-refractivity contribution < 1.29 is 26.0 Å². The summed E-state index contributed by atoms with van der Waals surface area (Å²) >= 11 is 0. The Morgan fingerprint density at radius 1 is 0.811 bits per heavy atom. The molecule has 0 radical (unpaired) electrons. The lowest BCUT2D eigenvalue weighted by atomic mass is 10.1. The molecule has 0 aliphatic carbocycles. The average molecular weight is 546 g/mol. The molecule has 1 aliphatic heterocycles. The van der Waals surface area contributed by atoms with Crippen molar-refractivity contribution in [2.45, 2.75) is 23.3 Å². The fraction of sp³-hybridized carbons (Fsp3) is 0.269. The van der Waals surface area contributed by atoms with Gasteiger partial charge in [0.25, 0.3) is 5.91 Å². The number of hydrogen-bond donors (Lipinski definition) is 0. The molecule has 37 heavy (non-hydrogen) atoms. The van der Waals surface area contributed by atoms with Crippen molar-refractivity contribution in [2.75, 3.05) is 32.7 Å². The topological polar surface area (TPSA) is 95.1 Å². The Morgan fingerprint density at radius 2 is 1.38 bits per heavy atom. The molecule has 8 nitrogen and oxygen atoms in total. The molecule has 0 unspecified atom stereocenters. The van der Waals surface area contributed by atoms with E-state index < -0.39 is 31.8 Å². The van der Waals surface area contributed by atoms with E-state index in [-0.39, 0.29) is 54.6 Å². The lowest BCUT2D eigenvalue weighted by molar-refractivity contribution is 0.0693. The average Bonchev–Trinajstić information content (AvgIpc) is 2.92. The highest BCUT2D eigenvalue weighted by Crippen LogP contribution is 2.23. The standard InChI is InChI=1S/C26H28FN3O5S2/c1-2-29(20-21-8-4-3-5-9-21)36(32,33)22-12-14-23(15-13-22)37(34,35)30-18-16-28(17-19-30)26(31)24-10-6-7-11-25(24)27/h3-15H,2,16-20H2,1H3. The fourth-order valence-corrected chi connectivity index (χ4v) is 7.03. The first-order valence-corrected chi connectivity index (χ1v) is 14.7. The summed E-state index contributed by atoms with van der Waals surface area (Å²) in [5.74, 6) is -1.11. The summed E-state index contributed by atoms with van der Waals surface area (Å²) in [6, 6.07) is 20.1. The van der Waals surface area contributed by atoms with Gasteiger partial charge in [-0.1, -0.05) is 49.4 Å². The summed E-state index contributed by atoms with van der Waals surface area (Å²) < 4.78 is 69.3. The molecule has 1 heterocycles. The highest BCUT2D eigenvalue weighted by atomic mass is 32.2. The van der Waals surface area contributed by atoms with Crippen molar-refractivity contribution in [3.63, 3.8) is 0 Å². The van der Waals surface area contributed by atoms with Crippen molar-refractivity contribution >= 4 is 26.0 Å². The molecule has 0 atom stereocenters. The van der Waals surface area contributed by atoms with Crippen LogP contribution in [0.1, 0.15) is 22.8 Å². The largest absolute Gasteiger partial charge is 0.336 e. The van der Waals surface area contributed by atoms with Gasteiger partial charge in [-0.3, -0.25) is 4.79 Å². The molecule has 1 aliphatic rings. The van der Waals surface area contributed by atoms with Crippen LogP contribution in [0, 0.1) is 5.82 Å². The first-order chi connectivity index (χ1) is 17.6. The van der Waals surface area contributed by atoms with Crippen LogP contribution in [0.2, 0.25) is 0 Å². The van der Waals surface area contributed by atoms with Crippen LogP contribution in [0.15, 0.2) is 88.7 Å². The van der Waals surface area contributed by atoms with E-state index in [1.165, 1.54) is 56.0 Å². The lowest BCUT2D eigenvalue weighted by Gasteiger charge is -2.34. The Balaban J connectivity index is 1.45. The zero-order valence-corrected chi connectivity index (χ0v) is 22.0. The Kier molecular flexibility index (Phi) is 8.08. The molecule has 1 saturated heterocycles. The minimum absolute atomic E-state index is 0.00420. The highest BCUT2D eigenvalue weighted by Gasteiger charge is 2.32. The monoisotopic (exact) mass is 545 g/mol. The van der Waals surface area contributed by atoms with Gasteiger partial charge in [0.05, 0.1) is 15.4 Å². The molecule has 4 rings (SSSR count). The summed E-state index contributed by atoms with van der Waals surface area (Å²) in [6.07, 6.45) is 0. The van der Waals surface area contributed by atoms with Crippen LogP contribution in [-0.4, -0.2) is 69.0 Å². The van der Waals surface area contributed by atoms with E-state index in [0.29, 0.717) is 0 Å². The third kappa shape index (κ3) is 5.74. The summed E-state index contributed by atoms with van der Waals surface area (Å²) in [4.78, 5) is 14.0. The van der Waals surface area contributed by atoms with Crippen molar-refractivity contribution in [3.8, 4) is 0 Å². The van der Waals surface area contributed by atoms with Gasteiger partial charge in [0.15, 0.2) is 0 Å². The van der Waals surface area contributed by atoms with Gasteiger partial charge < -0.3 is 4.90 Å². The number of hydrogen-bond acceptors (Lipinski definition) is 5. The van der Waals surface area contributed by atoms with E-state index in [1.54, 1.807) is 13.0 Å². The maximum Gasteiger partial charge on any atom is 0.256 e. The van der Waals surface area contributed by atoms with Gasteiger partial charge in [-0.2, -0.15) is 8.61 Å². The Morgan fingerprint density at radius 3 is 1.97 bits per heavy atom. The second-order valence-corrected chi connectivity index (χ2v) is 12.4. The van der Waals surface area contributed by atoms with E-state index in [2.05, 4.69) is 0 Å². The lowest BCUT2D eigenvalue weighted by Crippen LogP contribution is -2.50. The maximum absolute atomic E-state index is 14.0. The normalized spacial score (nSPS) is 15.2. The molecule has 0 saturated carbocycles. The van der Waals surface area contributed by atoms with E-state index in [0.717, 1.165) is 5.56 Å². The van der Waals surface area contributed by atoms with Crippen molar-refractivity contribution in [1.29, 1.82) is 0 Å². The molecule has 3 aromatic rings. The zero-order chi connectivity index (χ0) is 26.6. The van der Waals surface area contributed by atoms with Crippen LogP contribution >= 0.6 is 0 Å². The van der Waals surface area contributed by atoms with Gasteiger partial charge in [-0.25, -0.2) is 21.2 Å².